The van der Waals surface area contributed by atoms with E-state index in [1.54, 1.807) is 7.11 Å². The lowest BCUT2D eigenvalue weighted by atomic mass is 9.84. The number of rotatable bonds is 5. The van der Waals surface area contributed by atoms with Crippen molar-refractivity contribution in [1.29, 1.82) is 0 Å². The van der Waals surface area contributed by atoms with E-state index in [9.17, 15) is 4.79 Å². The van der Waals surface area contributed by atoms with Gasteiger partial charge >= 0.3 is 5.97 Å². The molecule has 1 rings (SSSR count). The maximum Gasteiger partial charge on any atom is 0.303 e. The summed E-state index contributed by atoms with van der Waals surface area (Å²) in [6.45, 7) is 6.30. The Hall–Kier alpha value is -1.07. The number of methoxy groups -OCH3 is 1. The molecule has 1 atom stereocenters. The smallest absolute Gasteiger partial charge is 0.303 e. The molecule has 0 radical (unpaired) electrons. The van der Waals surface area contributed by atoms with Crippen LogP contribution in [0.5, 0.6) is 5.75 Å². The summed E-state index contributed by atoms with van der Waals surface area (Å²) in [4.78, 5) is 10.7. The molecule has 5 heteroatoms. The number of ether oxygens (including phenoxy) is 1. The van der Waals surface area contributed by atoms with Crippen molar-refractivity contribution in [2.45, 2.75) is 45.1 Å². The second-order valence-electron chi connectivity index (χ2n) is 5.86. The molecule has 0 fully saturated rings. The van der Waals surface area contributed by atoms with Gasteiger partial charge in [0.25, 0.3) is 0 Å². The van der Waals surface area contributed by atoms with Gasteiger partial charge in [-0.2, -0.15) is 0 Å². The molecule has 20 heavy (non-hydrogen) atoms. The molecule has 4 nitrogen and oxygen atoms in total. The fraction of sp³-hybridized carbons (Fsp3) is 0.533. The number of hydrogen-bond acceptors (Lipinski definition) is 3. The van der Waals surface area contributed by atoms with Crippen LogP contribution < -0.4 is 10.5 Å². The SMILES string of the molecule is COc1c(C(N)CCC(=O)O)cc(Br)cc1C(C)(C)C. The summed E-state index contributed by atoms with van der Waals surface area (Å²) in [7, 11) is 1.62. The Balaban J connectivity index is 3.24. The predicted molar refractivity (Wildman–Crippen MR) is 83.2 cm³/mol. The molecular formula is C15H22BrNO3. The summed E-state index contributed by atoms with van der Waals surface area (Å²) >= 11 is 3.49. The molecule has 0 spiro atoms. The van der Waals surface area contributed by atoms with Crippen molar-refractivity contribution < 1.29 is 14.6 Å². The molecule has 1 aromatic carbocycles. The van der Waals surface area contributed by atoms with E-state index in [1.165, 1.54) is 0 Å². The highest BCUT2D eigenvalue weighted by Gasteiger charge is 2.24. The average Bonchev–Trinajstić information content (AvgIpc) is 2.33. The molecule has 0 aromatic heterocycles. The quantitative estimate of drug-likeness (QED) is 0.856. The number of carbonyl (C=O) groups is 1. The summed E-state index contributed by atoms with van der Waals surface area (Å²) in [5, 5.41) is 8.78. The van der Waals surface area contributed by atoms with E-state index in [-0.39, 0.29) is 17.9 Å². The molecule has 0 saturated heterocycles. The first-order chi connectivity index (χ1) is 9.16. The highest BCUT2D eigenvalue weighted by molar-refractivity contribution is 9.10. The van der Waals surface area contributed by atoms with Crippen LogP contribution in [0.3, 0.4) is 0 Å². The van der Waals surface area contributed by atoms with Gasteiger partial charge in [0.1, 0.15) is 5.75 Å². The summed E-state index contributed by atoms with van der Waals surface area (Å²) < 4.78 is 6.46. The van der Waals surface area contributed by atoms with Gasteiger partial charge in [0.05, 0.1) is 7.11 Å². The number of hydrogen-bond donors (Lipinski definition) is 2. The Morgan fingerprint density at radius 1 is 1.45 bits per heavy atom. The van der Waals surface area contributed by atoms with Crippen LogP contribution in [0.1, 0.15) is 50.8 Å². The summed E-state index contributed by atoms with van der Waals surface area (Å²) in [5.41, 5.74) is 7.94. The fourth-order valence-corrected chi connectivity index (χ4v) is 2.59. The van der Waals surface area contributed by atoms with E-state index >= 15 is 0 Å². The Bertz CT molecular complexity index is 495. The molecule has 0 aliphatic heterocycles. The van der Waals surface area contributed by atoms with Crippen LogP contribution in [-0.2, 0) is 10.2 Å². The first kappa shape index (κ1) is 17.0. The van der Waals surface area contributed by atoms with Crippen molar-refractivity contribution in [3.05, 3.63) is 27.7 Å². The highest BCUT2D eigenvalue weighted by atomic mass is 79.9. The molecule has 0 heterocycles. The van der Waals surface area contributed by atoms with Crippen molar-refractivity contribution >= 4 is 21.9 Å². The lowest BCUT2D eigenvalue weighted by Crippen LogP contribution is -2.18. The Morgan fingerprint density at radius 3 is 2.50 bits per heavy atom. The summed E-state index contributed by atoms with van der Waals surface area (Å²) in [5.74, 6) is -0.0935. The number of carboxylic acid groups (broad SMARTS) is 1. The van der Waals surface area contributed by atoms with Crippen LogP contribution in [0, 0.1) is 0 Å². The Labute approximate surface area is 128 Å². The number of aliphatic carboxylic acids is 1. The predicted octanol–water partition coefficient (Wildman–Crippen LogP) is 3.62. The van der Waals surface area contributed by atoms with Crippen molar-refractivity contribution in [3.8, 4) is 5.75 Å². The lowest BCUT2D eigenvalue weighted by Gasteiger charge is -2.26. The molecule has 0 saturated carbocycles. The van der Waals surface area contributed by atoms with Crippen molar-refractivity contribution in [2.24, 2.45) is 5.73 Å². The molecule has 0 amide bonds. The minimum absolute atomic E-state index is 0.0433. The Kier molecular flexibility index (Phi) is 5.59. The standard InChI is InChI=1S/C15H22BrNO3/c1-15(2,3)11-8-9(16)7-10(14(11)20-4)12(17)5-6-13(18)19/h7-8,12H,5-6,17H2,1-4H3,(H,18,19). The van der Waals surface area contributed by atoms with Gasteiger partial charge < -0.3 is 15.6 Å². The van der Waals surface area contributed by atoms with Crippen molar-refractivity contribution in [2.75, 3.05) is 7.11 Å². The van der Waals surface area contributed by atoms with Gasteiger partial charge in [-0.3, -0.25) is 4.79 Å². The van der Waals surface area contributed by atoms with Gasteiger partial charge in [-0.15, -0.1) is 0 Å². The fourth-order valence-electron chi connectivity index (χ4n) is 2.11. The summed E-state index contributed by atoms with van der Waals surface area (Å²) in [6, 6.07) is 3.56. The number of nitrogens with two attached hydrogens (primary N) is 1. The third kappa shape index (κ3) is 4.21. The van der Waals surface area contributed by atoms with Crippen molar-refractivity contribution in [3.63, 3.8) is 0 Å². The van der Waals surface area contributed by atoms with E-state index in [2.05, 4.69) is 36.7 Å². The second kappa shape index (κ2) is 6.59. The molecule has 1 aromatic rings. The molecule has 0 aliphatic rings. The van der Waals surface area contributed by atoms with Gasteiger partial charge in [-0.05, 0) is 24.0 Å². The molecule has 112 valence electrons. The maximum absolute atomic E-state index is 10.7. The zero-order valence-electron chi connectivity index (χ0n) is 12.4. The number of halogens is 1. The van der Waals surface area contributed by atoms with E-state index in [0.717, 1.165) is 21.3 Å². The van der Waals surface area contributed by atoms with Gasteiger partial charge in [0.2, 0.25) is 0 Å². The Morgan fingerprint density at radius 2 is 2.05 bits per heavy atom. The van der Waals surface area contributed by atoms with Crippen LogP contribution in [-0.4, -0.2) is 18.2 Å². The summed E-state index contributed by atoms with van der Waals surface area (Å²) in [6.07, 6.45) is 0.424. The minimum Gasteiger partial charge on any atom is -0.496 e. The molecule has 3 N–H and O–H groups in total. The number of carboxylic acids is 1. The zero-order chi connectivity index (χ0) is 15.5. The van der Waals surface area contributed by atoms with Gasteiger partial charge in [0, 0.05) is 28.1 Å². The van der Waals surface area contributed by atoms with E-state index in [4.69, 9.17) is 15.6 Å². The third-order valence-electron chi connectivity index (χ3n) is 3.16. The van der Waals surface area contributed by atoms with Crippen molar-refractivity contribution in [1.82, 2.24) is 0 Å². The largest absolute Gasteiger partial charge is 0.496 e. The van der Waals surface area contributed by atoms with Gasteiger partial charge in [-0.1, -0.05) is 36.7 Å². The van der Waals surface area contributed by atoms with Crippen LogP contribution in [0.15, 0.2) is 16.6 Å². The first-order valence-electron chi connectivity index (χ1n) is 6.52. The first-order valence-corrected chi connectivity index (χ1v) is 7.31. The second-order valence-corrected chi connectivity index (χ2v) is 6.78. The van der Waals surface area contributed by atoms with Crippen LogP contribution >= 0.6 is 15.9 Å². The monoisotopic (exact) mass is 343 g/mol. The maximum atomic E-state index is 10.7. The third-order valence-corrected chi connectivity index (χ3v) is 3.62. The van der Waals surface area contributed by atoms with Gasteiger partial charge in [-0.25, -0.2) is 0 Å². The minimum atomic E-state index is -0.842. The lowest BCUT2D eigenvalue weighted by molar-refractivity contribution is -0.137. The van der Waals surface area contributed by atoms with E-state index < -0.39 is 5.97 Å². The topological polar surface area (TPSA) is 72.5 Å². The molecule has 0 bridgehead atoms. The van der Waals surface area contributed by atoms with Crippen LogP contribution in [0.25, 0.3) is 0 Å². The number of benzene rings is 1. The van der Waals surface area contributed by atoms with E-state index in [1.807, 2.05) is 12.1 Å². The molecular weight excluding hydrogens is 322 g/mol. The molecule has 0 aliphatic carbocycles. The average molecular weight is 344 g/mol. The zero-order valence-corrected chi connectivity index (χ0v) is 14.0. The van der Waals surface area contributed by atoms with Crippen LogP contribution in [0.4, 0.5) is 0 Å². The normalized spacial score (nSPS) is 13.1. The molecule has 1 unspecified atom stereocenters. The van der Waals surface area contributed by atoms with Gasteiger partial charge in [0.15, 0.2) is 0 Å². The van der Waals surface area contributed by atoms with Crippen LogP contribution in [0.2, 0.25) is 0 Å². The highest BCUT2D eigenvalue weighted by Crippen LogP contribution is 2.39. The van der Waals surface area contributed by atoms with E-state index in [0.29, 0.717) is 6.42 Å².